The second kappa shape index (κ2) is 7.01. The third kappa shape index (κ3) is 4.40. The lowest BCUT2D eigenvalue weighted by molar-refractivity contribution is -0.121. The maximum absolute atomic E-state index is 12.4. The summed E-state index contributed by atoms with van der Waals surface area (Å²) in [4.78, 5) is 33.4. The molecule has 1 aromatic heterocycles. The zero-order chi connectivity index (χ0) is 16.2. The van der Waals surface area contributed by atoms with Crippen LogP contribution in [-0.2, 0) is 4.79 Å². The second-order valence-corrected chi connectivity index (χ2v) is 5.33. The SMILES string of the molecule is CNC(=O)CC(C)N(C)C(=O)c1cc(C(C)C)nc(N)n1. The molecule has 0 aliphatic carbocycles. The van der Waals surface area contributed by atoms with Crippen LogP contribution in [0.1, 0.15) is 49.3 Å². The maximum Gasteiger partial charge on any atom is 0.272 e. The van der Waals surface area contributed by atoms with E-state index in [1.54, 1.807) is 27.1 Å². The van der Waals surface area contributed by atoms with Gasteiger partial charge in [0, 0.05) is 32.3 Å². The standard InChI is InChI=1S/C14H23N5O2/c1-8(2)10-7-11(18-14(15)17-10)13(21)19(5)9(3)6-12(20)16-4/h7-9H,6H2,1-5H3,(H,16,20)(H2,15,17,18). The average molecular weight is 293 g/mol. The Kier molecular flexibility index (Phi) is 5.63. The van der Waals surface area contributed by atoms with Gasteiger partial charge in [0.15, 0.2) is 0 Å². The van der Waals surface area contributed by atoms with Gasteiger partial charge < -0.3 is 16.0 Å². The fourth-order valence-electron chi connectivity index (χ4n) is 1.78. The molecule has 0 spiro atoms. The van der Waals surface area contributed by atoms with Crippen molar-refractivity contribution >= 4 is 17.8 Å². The molecule has 7 heteroatoms. The van der Waals surface area contributed by atoms with Crippen LogP contribution < -0.4 is 11.1 Å². The number of aromatic nitrogens is 2. The molecule has 0 saturated carbocycles. The summed E-state index contributed by atoms with van der Waals surface area (Å²) in [5.74, 6) is -0.165. The van der Waals surface area contributed by atoms with Gasteiger partial charge in [0.25, 0.3) is 5.91 Å². The van der Waals surface area contributed by atoms with E-state index in [0.717, 1.165) is 5.69 Å². The largest absolute Gasteiger partial charge is 0.368 e. The first-order valence-corrected chi connectivity index (χ1v) is 6.88. The molecular formula is C14H23N5O2. The highest BCUT2D eigenvalue weighted by atomic mass is 16.2. The fraction of sp³-hybridized carbons (Fsp3) is 0.571. The molecular weight excluding hydrogens is 270 g/mol. The zero-order valence-electron chi connectivity index (χ0n) is 13.2. The lowest BCUT2D eigenvalue weighted by atomic mass is 10.1. The van der Waals surface area contributed by atoms with Crippen molar-refractivity contribution in [1.82, 2.24) is 20.2 Å². The molecule has 1 unspecified atom stereocenters. The Hall–Kier alpha value is -2.18. The number of anilines is 1. The number of nitrogens with one attached hydrogen (secondary N) is 1. The molecule has 0 bridgehead atoms. The van der Waals surface area contributed by atoms with Crippen molar-refractivity contribution in [2.24, 2.45) is 0 Å². The normalized spacial score (nSPS) is 12.1. The molecule has 21 heavy (non-hydrogen) atoms. The molecule has 0 fully saturated rings. The summed E-state index contributed by atoms with van der Waals surface area (Å²) in [5.41, 5.74) is 6.62. The van der Waals surface area contributed by atoms with E-state index in [-0.39, 0.29) is 41.8 Å². The molecule has 0 radical (unpaired) electrons. The van der Waals surface area contributed by atoms with Gasteiger partial charge >= 0.3 is 0 Å². The highest BCUT2D eigenvalue weighted by Crippen LogP contribution is 2.15. The van der Waals surface area contributed by atoms with Crippen molar-refractivity contribution in [1.29, 1.82) is 0 Å². The predicted octanol–water partition coefficient (Wildman–Crippen LogP) is 0.779. The molecule has 0 saturated heterocycles. The monoisotopic (exact) mass is 293 g/mol. The van der Waals surface area contributed by atoms with Crippen molar-refractivity contribution in [3.05, 3.63) is 17.5 Å². The lowest BCUT2D eigenvalue weighted by Crippen LogP contribution is -2.38. The van der Waals surface area contributed by atoms with Crippen LogP contribution in [0.2, 0.25) is 0 Å². The Morgan fingerprint density at radius 1 is 1.33 bits per heavy atom. The van der Waals surface area contributed by atoms with Gasteiger partial charge in [-0.1, -0.05) is 13.8 Å². The average Bonchev–Trinajstić information content (AvgIpc) is 2.44. The third-order valence-corrected chi connectivity index (χ3v) is 3.32. The van der Waals surface area contributed by atoms with Crippen LogP contribution in [0.4, 0.5) is 5.95 Å². The third-order valence-electron chi connectivity index (χ3n) is 3.32. The van der Waals surface area contributed by atoms with Crippen molar-refractivity contribution in [2.45, 2.75) is 39.2 Å². The Balaban J connectivity index is 2.94. The van der Waals surface area contributed by atoms with E-state index in [0.29, 0.717) is 0 Å². The van der Waals surface area contributed by atoms with E-state index in [9.17, 15) is 9.59 Å². The number of nitrogen functional groups attached to an aromatic ring is 1. The van der Waals surface area contributed by atoms with Crippen LogP contribution in [0.5, 0.6) is 0 Å². The van der Waals surface area contributed by atoms with Gasteiger partial charge in [0.05, 0.1) is 0 Å². The summed E-state index contributed by atoms with van der Waals surface area (Å²) in [6.45, 7) is 5.74. The van der Waals surface area contributed by atoms with Crippen molar-refractivity contribution in [3.8, 4) is 0 Å². The highest BCUT2D eigenvalue weighted by Gasteiger charge is 2.22. The molecule has 116 valence electrons. The Bertz CT molecular complexity index is 530. The minimum atomic E-state index is -0.276. The Labute approximate surface area is 124 Å². The number of rotatable bonds is 5. The van der Waals surface area contributed by atoms with Crippen LogP contribution in [0.15, 0.2) is 6.07 Å². The quantitative estimate of drug-likeness (QED) is 0.835. The number of hydrogen-bond acceptors (Lipinski definition) is 5. The van der Waals surface area contributed by atoms with Gasteiger partial charge in [0.1, 0.15) is 5.69 Å². The number of carbonyl (C=O) groups excluding carboxylic acids is 2. The molecule has 3 N–H and O–H groups in total. The number of carbonyl (C=O) groups is 2. The minimum absolute atomic E-state index is 0.0805. The summed E-state index contributed by atoms with van der Waals surface area (Å²) in [5, 5.41) is 2.54. The number of nitrogens with zero attached hydrogens (tertiary/aromatic N) is 3. The summed E-state index contributed by atoms with van der Waals surface area (Å²) in [6.07, 6.45) is 0.232. The molecule has 1 rings (SSSR count). The molecule has 1 atom stereocenters. The van der Waals surface area contributed by atoms with E-state index in [1.165, 1.54) is 4.90 Å². The number of amides is 2. The van der Waals surface area contributed by atoms with Crippen LogP contribution in [-0.4, -0.2) is 46.8 Å². The van der Waals surface area contributed by atoms with Crippen LogP contribution in [0.3, 0.4) is 0 Å². The van der Waals surface area contributed by atoms with E-state index in [4.69, 9.17) is 5.73 Å². The van der Waals surface area contributed by atoms with Gasteiger partial charge in [-0.3, -0.25) is 9.59 Å². The fourth-order valence-corrected chi connectivity index (χ4v) is 1.78. The van der Waals surface area contributed by atoms with Gasteiger partial charge in [-0.05, 0) is 18.9 Å². The van der Waals surface area contributed by atoms with E-state index in [1.807, 2.05) is 13.8 Å². The maximum atomic E-state index is 12.4. The number of hydrogen-bond donors (Lipinski definition) is 2. The number of nitrogens with two attached hydrogens (primary N) is 1. The van der Waals surface area contributed by atoms with Crippen molar-refractivity contribution in [3.63, 3.8) is 0 Å². The second-order valence-electron chi connectivity index (χ2n) is 5.33. The van der Waals surface area contributed by atoms with Gasteiger partial charge in [-0.25, -0.2) is 9.97 Å². The molecule has 0 aliphatic rings. The summed E-state index contributed by atoms with van der Waals surface area (Å²) < 4.78 is 0. The topological polar surface area (TPSA) is 101 Å². The minimum Gasteiger partial charge on any atom is -0.368 e. The Morgan fingerprint density at radius 2 is 1.95 bits per heavy atom. The summed E-state index contributed by atoms with van der Waals surface area (Å²) in [7, 11) is 3.21. The Morgan fingerprint density at radius 3 is 2.48 bits per heavy atom. The molecule has 7 nitrogen and oxygen atoms in total. The van der Waals surface area contributed by atoms with E-state index in [2.05, 4.69) is 15.3 Å². The van der Waals surface area contributed by atoms with Crippen LogP contribution in [0.25, 0.3) is 0 Å². The van der Waals surface area contributed by atoms with E-state index < -0.39 is 0 Å². The first-order valence-electron chi connectivity index (χ1n) is 6.88. The smallest absolute Gasteiger partial charge is 0.272 e. The predicted molar refractivity (Wildman–Crippen MR) is 80.8 cm³/mol. The molecule has 2 amide bonds. The van der Waals surface area contributed by atoms with Crippen LogP contribution in [0, 0.1) is 0 Å². The molecule has 0 aromatic carbocycles. The van der Waals surface area contributed by atoms with Crippen LogP contribution >= 0.6 is 0 Å². The van der Waals surface area contributed by atoms with Gasteiger partial charge in [-0.15, -0.1) is 0 Å². The lowest BCUT2D eigenvalue weighted by Gasteiger charge is -2.24. The molecule has 1 heterocycles. The van der Waals surface area contributed by atoms with Gasteiger partial charge in [0.2, 0.25) is 11.9 Å². The first-order chi connectivity index (χ1) is 9.76. The van der Waals surface area contributed by atoms with Crippen molar-refractivity contribution in [2.75, 3.05) is 19.8 Å². The molecule has 0 aliphatic heterocycles. The van der Waals surface area contributed by atoms with Gasteiger partial charge in [-0.2, -0.15) is 0 Å². The highest BCUT2D eigenvalue weighted by molar-refractivity contribution is 5.93. The summed E-state index contributed by atoms with van der Waals surface area (Å²) >= 11 is 0. The van der Waals surface area contributed by atoms with Crippen molar-refractivity contribution < 1.29 is 9.59 Å². The van der Waals surface area contributed by atoms with E-state index >= 15 is 0 Å². The first kappa shape index (κ1) is 16.9. The summed E-state index contributed by atoms with van der Waals surface area (Å²) in [6, 6.07) is 1.41. The zero-order valence-corrected chi connectivity index (χ0v) is 13.2. The molecule has 1 aromatic rings.